The minimum absolute atomic E-state index is 0.0375. The molecule has 1 rings (SSSR count). The number of anilines is 1. The van der Waals surface area contributed by atoms with Gasteiger partial charge in [-0.1, -0.05) is 17.9 Å². The molecule has 0 atom stereocenters. The number of nitrogens with one attached hydrogen (secondary N) is 1. The SMILES string of the molecule is COCCOCC(=O)Nc1cc(C)ccc1C#CCO. The first-order valence-electron chi connectivity index (χ1n) is 6.24. The highest BCUT2D eigenvalue weighted by Gasteiger charge is 2.06. The van der Waals surface area contributed by atoms with E-state index in [-0.39, 0.29) is 19.1 Å². The number of amides is 1. The average Bonchev–Trinajstić information content (AvgIpc) is 2.43. The van der Waals surface area contributed by atoms with Gasteiger partial charge in [-0.25, -0.2) is 0 Å². The average molecular weight is 277 g/mol. The molecule has 1 aromatic rings. The third kappa shape index (κ3) is 5.85. The van der Waals surface area contributed by atoms with Crippen LogP contribution >= 0.6 is 0 Å². The number of carbonyl (C=O) groups is 1. The normalized spacial score (nSPS) is 9.75. The van der Waals surface area contributed by atoms with E-state index in [4.69, 9.17) is 14.6 Å². The predicted octanol–water partition coefficient (Wildman–Crippen LogP) is 0.940. The quantitative estimate of drug-likeness (QED) is 0.600. The first kappa shape index (κ1) is 16.2. The van der Waals surface area contributed by atoms with Gasteiger partial charge in [-0.05, 0) is 24.6 Å². The zero-order valence-electron chi connectivity index (χ0n) is 11.7. The summed E-state index contributed by atoms with van der Waals surface area (Å²) in [6.45, 7) is 2.49. The van der Waals surface area contributed by atoms with Gasteiger partial charge in [-0.3, -0.25) is 4.79 Å². The summed E-state index contributed by atoms with van der Waals surface area (Å²) < 4.78 is 9.97. The van der Waals surface area contributed by atoms with Crippen LogP contribution in [0.1, 0.15) is 11.1 Å². The molecular formula is C15H19NO4. The van der Waals surface area contributed by atoms with Crippen molar-refractivity contribution < 1.29 is 19.4 Å². The van der Waals surface area contributed by atoms with E-state index in [1.54, 1.807) is 13.2 Å². The fourth-order valence-electron chi connectivity index (χ4n) is 1.50. The Kier molecular flexibility index (Phi) is 7.36. The van der Waals surface area contributed by atoms with E-state index in [0.717, 1.165) is 5.56 Å². The van der Waals surface area contributed by atoms with Gasteiger partial charge in [-0.2, -0.15) is 0 Å². The molecule has 0 unspecified atom stereocenters. The topological polar surface area (TPSA) is 67.8 Å². The number of hydrogen-bond donors (Lipinski definition) is 2. The summed E-state index contributed by atoms with van der Waals surface area (Å²) in [7, 11) is 1.57. The van der Waals surface area contributed by atoms with Crippen LogP contribution in [0.15, 0.2) is 18.2 Å². The summed E-state index contributed by atoms with van der Waals surface area (Å²) in [6, 6.07) is 5.53. The molecule has 0 aliphatic heterocycles. The molecule has 0 heterocycles. The standard InChI is InChI=1S/C15H19NO4/c1-12-5-6-13(4-3-7-17)14(10-12)16-15(18)11-20-9-8-19-2/h5-6,10,17H,7-9,11H2,1-2H3,(H,16,18). The van der Waals surface area contributed by atoms with E-state index >= 15 is 0 Å². The zero-order valence-corrected chi connectivity index (χ0v) is 11.7. The Labute approximate surface area is 118 Å². The van der Waals surface area contributed by atoms with Crippen molar-refractivity contribution in [3.63, 3.8) is 0 Å². The number of rotatable bonds is 6. The Balaban J connectivity index is 2.65. The molecule has 1 amide bonds. The Bertz CT molecular complexity index is 502. The molecule has 0 aliphatic rings. The summed E-state index contributed by atoms with van der Waals surface area (Å²) in [5, 5.41) is 11.5. The van der Waals surface area contributed by atoms with E-state index in [0.29, 0.717) is 24.5 Å². The van der Waals surface area contributed by atoms with Gasteiger partial charge in [0.2, 0.25) is 5.91 Å². The van der Waals surface area contributed by atoms with Crippen molar-refractivity contribution >= 4 is 11.6 Å². The van der Waals surface area contributed by atoms with E-state index < -0.39 is 0 Å². The van der Waals surface area contributed by atoms with Crippen LogP contribution < -0.4 is 5.32 Å². The van der Waals surface area contributed by atoms with Crippen LogP contribution in [0, 0.1) is 18.8 Å². The fourth-order valence-corrected chi connectivity index (χ4v) is 1.50. The molecule has 5 heteroatoms. The Morgan fingerprint density at radius 1 is 1.40 bits per heavy atom. The number of benzene rings is 1. The van der Waals surface area contributed by atoms with Gasteiger partial charge in [0.25, 0.3) is 0 Å². The van der Waals surface area contributed by atoms with Crippen LogP contribution in [-0.2, 0) is 14.3 Å². The van der Waals surface area contributed by atoms with Crippen LogP contribution in [0.25, 0.3) is 0 Å². The van der Waals surface area contributed by atoms with Crippen LogP contribution in [0.5, 0.6) is 0 Å². The van der Waals surface area contributed by atoms with Crippen LogP contribution in [0.3, 0.4) is 0 Å². The number of aliphatic hydroxyl groups is 1. The van der Waals surface area contributed by atoms with Crippen molar-refractivity contribution in [1.82, 2.24) is 0 Å². The van der Waals surface area contributed by atoms with Crippen LogP contribution in [0.2, 0.25) is 0 Å². The Morgan fingerprint density at radius 2 is 2.20 bits per heavy atom. The molecule has 2 N–H and O–H groups in total. The summed E-state index contributed by atoms with van der Waals surface area (Å²) in [4.78, 5) is 11.7. The summed E-state index contributed by atoms with van der Waals surface area (Å²) in [5.41, 5.74) is 2.29. The highest BCUT2D eigenvalue weighted by atomic mass is 16.5. The number of ether oxygens (including phenoxy) is 2. The molecule has 0 saturated heterocycles. The third-order valence-electron chi connectivity index (χ3n) is 2.42. The lowest BCUT2D eigenvalue weighted by molar-refractivity contribution is -0.121. The molecule has 0 saturated carbocycles. The summed E-state index contributed by atoms with van der Waals surface area (Å²) >= 11 is 0. The van der Waals surface area contributed by atoms with Crippen LogP contribution in [-0.4, -0.2) is 44.6 Å². The summed E-state index contributed by atoms with van der Waals surface area (Å²) in [5.74, 6) is 5.11. The van der Waals surface area contributed by atoms with E-state index in [1.165, 1.54) is 0 Å². The van der Waals surface area contributed by atoms with Gasteiger partial charge >= 0.3 is 0 Å². The van der Waals surface area contributed by atoms with Crippen molar-refractivity contribution in [1.29, 1.82) is 0 Å². The lowest BCUT2D eigenvalue weighted by Gasteiger charge is -2.09. The number of hydrogen-bond acceptors (Lipinski definition) is 4. The highest BCUT2D eigenvalue weighted by Crippen LogP contribution is 2.16. The van der Waals surface area contributed by atoms with E-state index in [9.17, 15) is 4.79 Å². The molecule has 0 radical (unpaired) electrons. The Hall–Kier alpha value is -1.87. The number of aryl methyl sites for hydroxylation is 1. The zero-order chi connectivity index (χ0) is 14.8. The number of methoxy groups -OCH3 is 1. The van der Waals surface area contributed by atoms with Crippen molar-refractivity contribution in [2.45, 2.75) is 6.92 Å². The van der Waals surface area contributed by atoms with Crippen molar-refractivity contribution in [3.8, 4) is 11.8 Å². The first-order valence-corrected chi connectivity index (χ1v) is 6.24. The lowest BCUT2D eigenvalue weighted by Crippen LogP contribution is -2.20. The third-order valence-corrected chi connectivity index (χ3v) is 2.42. The molecule has 0 bridgehead atoms. The molecule has 0 spiro atoms. The molecular weight excluding hydrogens is 258 g/mol. The molecule has 1 aromatic carbocycles. The minimum Gasteiger partial charge on any atom is -0.384 e. The van der Waals surface area contributed by atoms with E-state index in [2.05, 4.69) is 17.2 Å². The van der Waals surface area contributed by atoms with E-state index in [1.807, 2.05) is 19.1 Å². The van der Waals surface area contributed by atoms with Gasteiger partial charge in [0, 0.05) is 12.7 Å². The number of carbonyl (C=O) groups excluding carboxylic acids is 1. The Morgan fingerprint density at radius 3 is 2.90 bits per heavy atom. The maximum atomic E-state index is 11.7. The van der Waals surface area contributed by atoms with Gasteiger partial charge in [0.05, 0.1) is 18.9 Å². The van der Waals surface area contributed by atoms with Crippen molar-refractivity contribution in [3.05, 3.63) is 29.3 Å². The second kappa shape index (κ2) is 9.10. The summed E-state index contributed by atoms with van der Waals surface area (Å²) in [6.07, 6.45) is 0. The maximum absolute atomic E-state index is 11.7. The van der Waals surface area contributed by atoms with Gasteiger partial charge in [0.15, 0.2) is 0 Å². The first-order chi connectivity index (χ1) is 9.67. The second-order valence-electron chi connectivity index (χ2n) is 4.10. The minimum atomic E-state index is -0.251. The number of aliphatic hydroxyl groups excluding tert-OH is 1. The lowest BCUT2D eigenvalue weighted by atomic mass is 10.1. The maximum Gasteiger partial charge on any atom is 0.250 e. The largest absolute Gasteiger partial charge is 0.384 e. The van der Waals surface area contributed by atoms with Crippen molar-refractivity contribution in [2.75, 3.05) is 38.9 Å². The highest BCUT2D eigenvalue weighted by molar-refractivity contribution is 5.93. The molecule has 0 aromatic heterocycles. The molecule has 0 aliphatic carbocycles. The fraction of sp³-hybridized carbons (Fsp3) is 0.400. The van der Waals surface area contributed by atoms with Gasteiger partial charge < -0.3 is 19.9 Å². The second-order valence-corrected chi connectivity index (χ2v) is 4.10. The van der Waals surface area contributed by atoms with Gasteiger partial charge in [-0.15, -0.1) is 0 Å². The van der Waals surface area contributed by atoms with Gasteiger partial charge in [0.1, 0.15) is 13.2 Å². The monoisotopic (exact) mass is 277 g/mol. The molecule has 20 heavy (non-hydrogen) atoms. The molecule has 108 valence electrons. The molecule has 5 nitrogen and oxygen atoms in total. The van der Waals surface area contributed by atoms with Crippen molar-refractivity contribution in [2.24, 2.45) is 0 Å². The molecule has 0 fully saturated rings. The predicted molar refractivity (Wildman–Crippen MR) is 76.5 cm³/mol. The smallest absolute Gasteiger partial charge is 0.250 e. The van der Waals surface area contributed by atoms with Crippen LogP contribution in [0.4, 0.5) is 5.69 Å².